The molecule has 9 nitrogen and oxygen atoms in total. The molecule has 1 aliphatic rings. The van der Waals surface area contributed by atoms with Crippen molar-refractivity contribution in [3.63, 3.8) is 0 Å². The molecular formula is C25H21ClN2O7. The van der Waals surface area contributed by atoms with Gasteiger partial charge in [-0.3, -0.25) is 9.69 Å². The maximum absolute atomic E-state index is 12.8. The fourth-order valence-corrected chi connectivity index (χ4v) is 3.50. The lowest BCUT2D eigenvalue weighted by molar-refractivity contribution is -0.123. The van der Waals surface area contributed by atoms with E-state index in [1.165, 1.54) is 12.1 Å². The number of carbonyl (C=O) groups is 3. The number of carboxylic acids is 1. The summed E-state index contributed by atoms with van der Waals surface area (Å²) in [7, 11) is 0. The normalized spacial score (nSPS) is 14.3. The third kappa shape index (κ3) is 5.64. The van der Waals surface area contributed by atoms with Crippen molar-refractivity contribution in [3.05, 3.63) is 88.0 Å². The van der Waals surface area contributed by atoms with Gasteiger partial charge < -0.3 is 24.3 Å². The Morgan fingerprint density at radius 3 is 2.54 bits per heavy atom. The third-order valence-electron chi connectivity index (χ3n) is 5.04. The van der Waals surface area contributed by atoms with Gasteiger partial charge in [-0.1, -0.05) is 29.8 Å². The van der Waals surface area contributed by atoms with Gasteiger partial charge in [0.05, 0.1) is 13.2 Å². The van der Waals surface area contributed by atoms with Crippen molar-refractivity contribution in [2.45, 2.75) is 20.1 Å². The number of carbonyl (C=O) groups excluding carboxylic acids is 2. The molecule has 0 saturated carbocycles. The number of ether oxygens (including phenoxy) is 2. The second-order valence-corrected chi connectivity index (χ2v) is 7.94. The Bertz CT molecular complexity index is 1300. The van der Waals surface area contributed by atoms with E-state index in [0.29, 0.717) is 34.5 Å². The number of aromatic carboxylic acids is 1. The zero-order valence-corrected chi connectivity index (χ0v) is 19.4. The van der Waals surface area contributed by atoms with Crippen molar-refractivity contribution in [1.29, 1.82) is 0 Å². The lowest BCUT2D eigenvalue weighted by Gasteiger charge is -2.12. The lowest BCUT2D eigenvalue weighted by Crippen LogP contribution is -2.30. The number of hydrogen-bond donors (Lipinski definition) is 2. The van der Waals surface area contributed by atoms with E-state index in [1.54, 1.807) is 48.5 Å². The zero-order chi connectivity index (χ0) is 24.9. The first-order valence-corrected chi connectivity index (χ1v) is 11.0. The molecule has 1 fully saturated rings. The van der Waals surface area contributed by atoms with Gasteiger partial charge in [0, 0.05) is 5.02 Å². The number of halogens is 1. The summed E-state index contributed by atoms with van der Waals surface area (Å²) in [4.78, 5) is 37.3. The van der Waals surface area contributed by atoms with Crippen LogP contribution in [0.15, 0.2) is 64.7 Å². The molecule has 3 amide bonds. The summed E-state index contributed by atoms with van der Waals surface area (Å²) in [5, 5.41) is 12.1. The number of carboxylic acid groups (broad SMARTS) is 1. The number of amides is 3. The van der Waals surface area contributed by atoms with Gasteiger partial charge in [-0.25, -0.2) is 9.59 Å². The summed E-state index contributed by atoms with van der Waals surface area (Å²) in [6.07, 6.45) is 1.56. The fraction of sp³-hybridized carbons (Fsp3) is 0.160. The second-order valence-electron chi connectivity index (χ2n) is 7.50. The predicted octanol–water partition coefficient (Wildman–Crippen LogP) is 4.70. The molecule has 1 saturated heterocycles. The Kier molecular flexibility index (Phi) is 7.07. The summed E-state index contributed by atoms with van der Waals surface area (Å²) >= 11 is 5.89. The molecule has 0 spiro atoms. The Morgan fingerprint density at radius 1 is 1.09 bits per heavy atom. The van der Waals surface area contributed by atoms with Crippen LogP contribution in [0.3, 0.4) is 0 Å². The molecule has 0 unspecified atom stereocenters. The van der Waals surface area contributed by atoms with E-state index in [4.69, 9.17) is 30.6 Å². The molecule has 0 radical (unpaired) electrons. The van der Waals surface area contributed by atoms with Gasteiger partial charge in [0.1, 0.15) is 18.1 Å². The Hall–Kier alpha value is -4.24. The molecule has 2 heterocycles. The number of urea groups is 1. The highest BCUT2D eigenvalue weighted by Crippen LogP contribution is 2.31. The topological polar surface area (TPSA) is 118 Å². The van der Waals surface area contributed by atoms with E-state index in [0.717, 1.165) is 10.5 Å². The molecule has 35 heavy (non-hydrogen) atoms. The van der Waals surface area contributed by atoms with Crippen LogP contribution in [0.1, 0.15) is 34.4 Å². The van der Waals surface area contributed by atoms with Gasteiger partial charge in [-0.2, -0.15) is 0 Å². The van der Waals surface area contributed by atoms with Crippen LogP contribution in [0.25, 0.3) is 6.08 Å². The lowest BCUT2D eigenvalue weighted by atomic mass is 10.1. The standard InChI is InChI=1S/C25H21ClN2O7/c1-2-33-22-12-16(5-9-20(22)34-14-18-8-10-21(35-18)24(30)31)11-19-23(29)28(25(32)27-19)13-15-3-6-17(26)7-4-15/h3-12H,2,13-14H2,1H3,(H,27,32)(H,30,31). The summed E-state index contributed by atoms with van der Waals surface area (Å²) in [6.45, 7) is 2.30. The van der Waals surface area contributed by atoms with E-state index in [1.807, 2.05) is 6.92 Å². The van der Waals surface area contributed by atoms with Gasteiger partial charge in [-0.15, -0.1) is 0 Å². The number of nitrogens with zero attached hydrogens (tertiary/aromatic N) is 1. The van der Waals surface area contributed by atoms with Crippen molar-refractivity contribution in [2.75, 3.05) is 6.61 Å². The van der Waals surface area contributed by atoms with Gasteiger partial charge in [0.2, 0.25) is 5.76 Å². The fourth-order valence-electron chi connectivity index (χ4n) is 3.38. The minimum Gasteiger partial charge on any atom is -0.490 e. The van der Waals surface area contributed by atoms with Crippen LogP contribution in [0, 0.1) is 0 Å². The third-order valence-corrected chi connectivity index (χ3v) is 5.29. The first-order valence-electron chi connectivity index (χ1n) is 10.6. The van der Waals surface area contributed by atoms with Crippen LogP contribution in [0.2, 0.25) is 5.02 Å². The predicted molar refractivity (Wildman–Crippen MR) is 126 cm³/mol. The number of benzene rings is 2. The molecular weight excluding hydrogens is 476 g/mol. The minimum atomic E-state index is -1.16. The number of nitrogens with one attached hydrogen (secondary N) is 1. The monoisotopic (exact) mass is 496 g/mol. The Balaban J connectivity index is 1.48. The van der Waals surface area contributed by atoms with Crippen molar-refractivity contribution in [3.8, 4) is 11.5 Å². The average Bonchev–Trinajstić information content (AvgIpc) is 3.41. The Morgan fingerprint density at radius 2 is 1.86 bits per heavy atom. The highest BCUT2D eigenvalue weighted by molar-refractivity contribution is 6.30. The van der Waals surface area contributed by atoms with E-state index < -0.39 is 17.9 Å². The van der Waals surface area contributed by atoms with Crippen molar-refractivity contribution >= 4 is 35.6 Å². The highest BCUT2D eigenvalue weighted by atomic mass is 35.5. The maximum atomic E-state index is 12.8. The van der Waals surface area contributed by atoms with Crippen LogP contribution < -0.4 is 14.8 Å². The molecule has 0 atom stereocenters. The van der Waals surface area contributed by atoms with Crippen LogP contribution in [-0.4, -0.2) is 34.5 Å². The smallest absolute Gasteiger partial charge is 0.371 e. The molecule has 3 aromatic rings. The number of imide groups is 1. The van der Waals surface area contributed by atoms with Crippen molar-refractivity contribution < 1.29 is 33.4 Å². The second kappa shape index (κ2) is 10.4. The van der Waals surface area contributed by atoms with Crippen LogP contribution in [0.5, 0.6) is 11.5 Å². The van der Waals surface area contributed by atoms with Crippen molar-refractivity contribution in [2.24, 2.45) is 0 Å². The first-order chi connectivity index (χ1) is 16.8. The average molecular weight is 497 g/mol. The molecule has 2 N–H and O–H groups in total. The van der Waals surface area contributed by atoms with E-state index >= 15 is 0 Å². The van der Waals surface area contributed by atoms with Gasteiger partial charge in [0.25, 0.3) is 5.91 Å². The quantitative estimate of drug-likeness (QED) is 0.325. The minimum absolute atomic E-state index is 0.00198. The summed E-state index contributed by atoms with van der Waals surface area (Å²) in [6, 6.07) is 14.3. The van der Waals surface area contributed by atoms with Crippen LogP contribution in [0.4, 0.5) is 4.79 Å². The van der Waals surface area contributed by atoms with E-state index in [-0.39, 0.29) is 24.6 Å². The molecule has 1 aliphatic heterocycles. The van der Waals surface area contributed by atoms with E-state index in [2.05, 4.69) is 5.32 Å². The molecule has 180 valence electrons. The molecule has 2 aromatic carbocycles. The molecule has 1 aromatic heterocycles. The van der Waals surface area contributed by atoms with Gasteiger partial charge in [0.15, 0.2) is 11.5 Å². The molecule has 10 heteroatoms. The van der Waals surface area contributed by atoms with Gasteiger partial charge >= 0.3 is 12.0 Å². The van der Waals surface area contributed by atoms with Crippen LogP contribution in [-0.2, 0) is 17.9 Å². The molecule has 0 bridgehead atoms. The first kappa shape index (κ1) is 23.9. The highest BCUT2D eigenvalue weighted by Gasteiger charge is 2.33. The van der Waals surface area contributed by atoms with Gasteiger partial charge in [-0.05, 0) is 60.5 Å². The Labute approximate surface area is 205 Å². The number of rotatable bonds is 9. The largest absolute Gasteiger partial charge is 0.490 e. The molecule has 0 aliphatic carbocycles. The summed E-state index contributed by atoms with van der Waals surface area (Å²) in [5.74, 6) is -0.616. The van der Waals surface area contributed by atoms with Crippen LogP contribution >= 0.6 is 11.6 Å². The maximum Gasteiger partial charge on any atom is 0.371 e. The summed E-state index contributed by atoms with van der Waals surface area (Å²) < 4.78 is 16.6. The number of furan rings is 1. The zero-order valence-electron chi connectivity index (χ0n) is 18.6. The number of hydrogen-bond acceptors (Lipinski definition) is 6. The SMILES string of the molecule is CCOc1cc(C=C2NC(=O)N(Cc3ccc(Cl)cc3)C2=O)ccc1OCc1ccc(C(=O)O)o1. The molecule has 4 rings (SSSR count). The van der Waals surface area contributed by atoms with Crippen molar-refractivity contribution in [1.82, 2.24) is 10.2 Å². The van der Waals surface area contributed by atoms with E-state index in [9.17, 15) is 14.4 Å². The summed E-state index contributed by atoms with van der Waals surface area (Å²) in [5.41, 5.74) is 1.52.